The second-order valence-electron chi connectivity index (χ2n) is 17.8. The normalized spacial score (nSPS) is 21.0. The van der Waals surface area contributed by atoms with Crippen LogP contribution in [0.5, 0.6) is 0 Å². The third-order valence-electron chi connectivity index (χ3n) is 11.8. The highest BCUT2D eigenvalue weighted by atomic mass is 16.4. The molecule has 7 atom stereocenters. The number of carbonyl (C=O) groups is 10. The summed E-state index contributed by atoms with van der Waals surface area (Å²) in [5.74, 6) is -10.2. The molecule has 0 bridgehead atoms. The quantitative estimate of drug-likeness (QED) is 0.0329. The van der Waals surface area contributed by atoms with Crippen LogP contribution < -0.4 is 71.2 Å². The molecule has 3 aromatic rings. The number of H-pyrrole nitrogens is 1. The summed E-state index contributed by atoms with van der Waals surface area (Å²) < 4.78 is 0. The lowest BCUT2D eigenvalue weighted by molar-refractivity contribution is -0.142. The number of aliphatic imine (C=N–C) groups is 2. The van der Waals surface area contributed by atoms with Crippen molar-refractivity contribution in [1.82, 2.24) is 47.5 Å². The average Bonchev–Trinajstić information content (AvgIpc) is 3.76. The van der Waals surface area contributed by atoms with Gasteiger partial charge in [0.15, 0.2) is 11.9 Å². The molecule has 1 fully saturated rings. The number of guanidine groups is 2. The fourth-order valence-corrected chi connectivity index (χ4v) is 8.05. The molecule has 0 aliphatic carbocycles. The van der Waals surface area contributed by atoms with E-state index in [1.807, 2.05) is 0 Å². The molecule has 1 aliphatic rings. The zero-order valence-electron chi connectivity index (χ0n) is 41.5. The van der Waals surface area contributed by atoms with Crippen LogP contribution in [0.3, 0.4) is 0 Å². The van der Waals surface area contributed by atoms with Gasteiger partial charge in [0.25, 0.3) is 0 Å². The highest BCUT2D eigenvalue weighted by Gasteiger charge is 2.36. The predicted octanol–water partition coefficient (Wildman–Crippen LogP) is -3.88. The van der Waals surface area contributed by atoms with E-state index in [1.165, 1.54) is 0 Å². The average molecular weight is 1050 g/mol. The number of nitrogens with two attached hydrogens (primary N) is 5. The number of carboxylic acids is 1. The first-order valence-corrected chi connectivity index (χ1v) is 24.3. The van der Waals surface area contributed by atoms with Crippen molar-refractivity contribution in [3.05, 3.63) is 71.9 Å². The van der Waals surface area contributed by atoms with E-state index in [-0.39, 0.29) is 89.3 Å². The second kappa shape index (κ2) is 29.7. The summed E-state index contributed by atoms with van der Waals surface area (Å²) in [6.45, 7) is 1.17. The molecule has 75 heavy (non-hydrogen) atoms. The molecule has 27 nitrogen and oxygen atoms in total. The number of aromatic amines is 1. The number of aliphatic carboxylic acids is 1. The SMILES string of the molecule is CC(=O)NC(CCCN=C(N)N)C(=O)NC1CC(=O)NCCCCC(C(=O)O)NC(=O)C(Cc2c[nH]c3ccccc23)NC(=O)C(CCCN=C(N)N)NC(=O)C(Cc2ccccc2)NC(=O)C(CC(N)=O)NC1=O. The van der Waals surface area contributed by atoms with Crippen LogP contribution in [0.25, 0.3) is 10.9 Å². The van der Waals surface area contributed by atoms with E-state index in [0.717, 1.165) is 17.8 Å². The van der Waals surface area contributed by atoms with E-state index < -0.39 is 114 Å². The van der Waals surface area contributed by atoms with E-state index in [2.05, 4.69) is 57.5 Å². The molecule has 2 heterocycles. The topological polar surface area (TPSA) is 458 Å². The van der Waals surface area contributed by atoms with E-state index in [9.17, 15) is 53.1 Å². The highest BCUT2D eigenvalue weighted by molar-refractivity contribution is 6.00. The van der Waals surface area contributed by atoms with Gasteiger partial charge in [0.1, 0.15) is 42.3 Å². The number of rotatable bonds is 18. The lowest BCUT2D eigenvalue weighted by Crippen LogP contribution is -2.61. The van der Waals surface area contributed by atoms with Gasteiger partial charge in [-0.2, -0.15) is 0 Å². The number of hydrogen-bond acceptors (Lipinski definition) is 12. The third kappa shape index (κ3) is 20.3. The third-order valence-corrected chi connectivity index (χ3v) is 11.8. The highest BCUT2D eigenvalue weighted by Crippen LogP contribution is 2.20. The van der Waals surface area contributed by atoms with Crippen molar-refractivity contribution in [3.8, 4) is 0 Å². The summed E-state index contributed by atoms with van der Waals surface area (Å²) >= 11 is 0. The van der Waals surface area contributed by atoms with Gasteiger partial charge in [-0.05, 0) is 62.1 Å². The molecule has 7 unspecified atom stereocenters. The molecule has 0 radical (unpaired) electrons. The summed E-state index contributed by atoms with van der Waals surface area (Å²) in [4.78, 5) is 147. The van der Waals surface area contributed by atoms with Gasteiger partial charge in [-0.1, -0.05) is 48.5 Å². The minimum Gasteiger partial charge on any atom is -0.480 e. The lowest BCUT2D eigenvalue weighted by atomic mass is 10.0. The molecule has 9 amide bonds. The van der Waals surface area contributed by atoms with Gasteiger partial charge < -0.3 is 81.3 Å². The van der Waals surface area contributed by atoms with Gasteiger partial charge in [-0.25, -0.2) is 4.79 Å². The van der Waals surface area contributed by atoms with Gasteiger partial charge in [-0.15, -0.1) is 0 Å². The standard InChI is InChI=1S/C48H68N16O11/c1-26(65)58-31(16-9-19-55-47(50)51)40(68)64-37-24-39(67)54-18-8-7-15-33(46(74)75)60-43(71)35(22-28-25-57-30-14-6-5-13-29(28)30)62-41(69)32(17-10-20-56-48(52)53)59-42(70)34(21-27-11-3-2-4-12-27)61-44(72)36(23-38(49)66)63-45(37)73/h2-6,11-14,25,31-37,57H,7-10,15-24H2,1H3,(H2,49,66)(H,54,67)(H,58,65)(H,59,70)(H,60,71)(H,61,72)(H,62,69)(H,63,73)(H,64,68)(H,74,75)(H4,50,51,55)(H4,52,53,56). The Bertz CT molecular complexity index is 2560. The molecule has 0 spiro atoms. The molecule has 2 aromatic carbocycles. The minimum atomic E-state index is -1.82. The van der Waals surface area contributed by atoms with Crippen LogP contribution in [0.2, 0.25) is 0 Å². The van der Waals surface area contributed by atoms with E-state index in [4.69, 9.17) is 28.7 Å². The fraction of sp³-hybridized carbons (Fsp3) is 0.458. The summed E-state index contributed by atoms with van der Waals surface area (Å²) in [6, 6.07) is 4.81. The van der Waals surface area contributed by atoms with Crippen molar-refractivity contribution >= 4 is 82.0 Å². The number of carboxylic acid groups (broad SMARTS) is 1. The first kappa shape index (κ1) is 58.8. The van der Waals surface area contributed by atoms with Crippen molar-refractivity contribution in [1.29, 1.82) is 0 Å². The van der Waals surface area contributed by atoms with Crippen LogP contribution in [0, 0.1) is 0 Å². The predicted molar refractivity (Wildman–Crippen MR) is 274 cm³/mol. The first-order chi connectivity index (χ1) is 35.7. The molecule has 406 valence electrons. The van der Waals surface area contributed by atoms with Gasteiger partial charge in [0, 0.05) is 56.5 Å². The van der Waals surface area contributed by atoms with Gasteiger partial charge >= 0.3 is 5.97 Å². The monoisotopic (exact) mass is 1040 g/mol. The summed E-state index contributed by atoms with van der Waals surface area (Å²) in [7, 11) is 0. The Morgan fingerprint density at radius 1 is 0.707 bits per heavy atom. The van der Waals surface area contributed by atoms with Gasteiger partial charge in [-0.3, -0.25) is 53.1 Å². The number of benzene rings is 2. The number of nitrogens with one attached hydrogen (secondary N) is 9. The first-order valence-electron chi connectivity index (χ1n) is 24.3. The zero-order valence-corrected chi connectivity index (χ0v) is 41.5. The number of hydrogen-bond donors (Lipinski definition) is 15. The molecular formula is C48H68N16O11. The van der Waals surface area contributed by atoms with Crippen molar-refractivity contribution in [3.63, 3.8) is 0 Å². The summed E-state index contributed by atoms with van der Waals surface area (Å²) in [6.07, 6.45) is 0.0183. The molecule has 4 rings (SSSR count). The summed E-state index contributed by atoms with van der Waals surface area (Å²) in [5, 5.41) is 31.3. The molecule has 1 aliphatic heterocycles. The molecule has 1 aromatic heterocycles. The van der Waals surface area contributed by atoms with E-state index in [0.29, 0.717) is 11.1 Å². The Morgan fingerprint density at radius 2 is 1.29 bits per heavy atom. The summed E-state index contributed by atoms with van der Waals surface area (Å²) in [5.41, 5.74) is 29.3. The van der Waals surface area contributed by atoms with Gasteiger partial charge in [0.2, 0.25) is 53.2 Å². The van der Waals surface area contributed by atoms with Crippen molar-refractivity contribution in [2.24, 2.45) is 38.7 Å². The second-order valence-corrected chi connectivity index (χ2v) is 17.8. The number of carbonyl (C=O) groups excluding carboxylic acids is 9. The molecular weight excluding hydrogens is 977 g/mol. The Kier molecular flexibility index (Phi) is 23.3. The maximum atomic E-state index is 14.5. The largest absolute Gasteiger partial charge is 0.480 e. The van der Waals surface area contributed by atoms with Gasteiger partial charge in [0.05, 0.1) is 12.8 Å². The number of fused-ring (bicyclic) bond motifs is 1. The Hall–Kier alpha value is -8.78. The van der Waals surface area contributed by atoms with Crippen LogP contribution in [0.1, 0.15) is 75.8 Å². The van der Waals surface area contributed by atoms with Crippen LogP contribution >= 0.6 is 0 Å². The molecule has 27 heteroatoms. The number of primary amides is 1. The van der Waals surface area contributed by atoms with Crippen molar-refractivity contribution in [2.45, 2.75) is 120 Å². The van der Waals surface area contributed by atoms with E-state index >= 15 is 0 Å². The van der Waals surface area contributed by atoms with Crippen molar-refractivity contribution < 1.29 is 53.1 Å². The maximum Gasteiger partial charge on any atom is 0.326 e. The van der Waals surface area contributed by atoms with Crippen LogP contribution in [-0.2, 0) is 60.8 Å². The molecule has 1 saturated heterocycles. The van der Waals surface area contributed by atoms with Crippen LogP contribution in [0.4, 0.5) is 0 Å². The van der Waals surface area contributed by atoms with Crippen LogP contribution in [0.15, 0.2) is 70.8 Å². The zero-order chi connectivity index (χ0) is 55.0. The minimum absolute atomic E-state index is 0.0100. The molecule has 20 N–H and O–H groups in total. The van der Waals surface area contributed by atoms with Crippen LogP contribution in [-0.4, -0.2) is 143 Å². The Morgan fingerprint density at radius 3 is 1.95 bits per heavy atom. The fourth-order valence-electron chi connectivity index (χ4n) is 8.05. The van der Waals surface area contributed by atoms with Crippen molar-refractivity contribution in [2.75, 3.05) is 19.6 Å². The Balaban J connectivity index is 1.78. The number of para-hydroxylation sites is 1. The number of aromatic nitrogens is 1. The number of nitrogens with zero attached hydrogens (tertiary/aromatic N) is 2. The maximum absolute atomic E-state index is 14.5. The lowest BCUT2D eigenvalue weighted by Gasteiger charge is -2.27. The smallest absolute Gasteiger partial charge is 0.326 e. The molecule has 0 saturated carbocycles. The Labute approximate surface area is 431 Å². The van der Waals surface area contributed by atoms with E-state index in [1.54, 1.807) is 60.8 Å². The number of amides is 9.